The summed E-state index contributed by atoms with van der Waals surface area (Å²) in [4.78, 5) is 20.6. The van der Waals surface area contributed by atoms with Crippen LogP contribution in [0.3, 0.4) is 0 Å². The Labute approximate surface area is 240 Å². The van der Waals surface area contributed by atoms with E-state index in [-0.39, 0.29) is 37.8 Å². The molecule has 2 heterocycles. The Kier molecular flexibility index (Phi) is 8.93. The number of para-hydroxylation sites is 1. The molecule has 1 aliphatic rings. The quantitative estimate of drug-likeness (QED) is 0.228. The van der Waals surface area contributed by atoms with Gasteiger partial charge in [0.2, 0.25) is 0 Å². The molecule has 12 heteroatoms. The monoisotopic (exact) mass is 586 g/mol. The normalized spacial score (nSPS) is 14.4. The zero-order chi connectivity index (χ0) is 29.7. The van der Waals surface area contributed by atoms with Gasteiger partial charge in [0.05, 0.1) is 23.3 Å². The molecule has 222 valence electrons. The number of carbonyl (C=O) groups is 1. The summed E-state index contributed by atoms with van der Waals surface area (Å²) in [7, 11) is 1.48. The summed E-state index contributed by atoms with van der Waals surface area (Å²) in [5, 5.41) is 0. The molecule has 3 aromatic carbocycles. The van der Waals surface area contributed by atoms with Gasteiger partial charge in [0.1, 0.15) is 36.4 Å². The Balaban J connectivity index is 1.41. The SMILES string of the molecule is COCC(=O)CN1CCN(c2cc3c(cc2F)nc(COc2ccccc2)n3Cc2ccc(OC(F)(F)F)cc2)CC1. The average Bonchev–Trinajstić information content (AvgIpc) is 3.28. The van der Waals surface area contributed by atoms with Crippen molar-refractivity contribution in [2.24, 2.45) is 0 Å². The maximum absolute atomic E-state index is 15.4. The fraction of sp³-hybridized carbons (Fsp3) is 0.333. The minimum absolute atomic E-state index is 0.00861. The minimum atomic E-state index is -4.78. The van der Waals surface area contributed by atoms with Gasteiger partial charge < -0.3 is 23.7 Å². The minimum Gasteiger partial charge on any atom is -0.486 e. The van der Waals surface area contributed by atoms with Gasteiger partial charge in [0, 0.05) is 45.9 Å². The van der Waals surface area contributed by atoms with Crippen LogP contribution in [0, 0.1) is 5.82 Å². The van der Waals surface area contributed by atoms with Gasteiger partial charge in [0.25, 0.3) is 0 Å². The molecule has 0 radical (unpaired) electrons. The number of imidazole rings is 1. The van der Waals surface area contributed by atoms with Gasteiger partial charge in [-0.05, 0) is 35.9 Å². The van der Waals surface area contributed by atoms with Gasteiger partial charge in [-0.15, -0.1) is 13.2 Å². The molecule has 0 saturated carbocycles. The van der Waals surface area contributed by atoms with Crippen molar-refractivity contribution in [1.29, 1.82) is 0 Å². The number of benzene rings is 3. The number of piperazine rings is 1. The molecule has 8 nitrogen and oxygen atoms in total. The highest BCUT2D eigenvalue weighted by molar-refractivity contribution is 5.82. The molecule has 0 unspecified atom stereocenters. The number of ketones is 1. The van der Waals surface area contributed by atoms with Crippen molar-refractivity contribution in [3.63, 3.8) is 0 Å². The average molecular weight is 587 g/mol. The number of methoxy groups -OCH3 is 1. The fourth-order valence-corrected chi connectivity index (χ4v) is 4.96. The van der Waals surface area contributed by atoms with Crippen LogP contribution < -0.4 is 14.4 Å². The van der Waals surface area contributed by atoms with E-state index < -0.39 is 12.2 Å². The van der Waals surface area contributed by atoms with Crippen molar-refractivity contribution in [3.05, 3.63) is 83.9 Å². The van der Waals surface area contributed by atoms with E-state index in [9.17, 15) is 18.0 Å². The van der Waals surface area contributed by atoms with Crippen molar-refractivity contribution in [2.45, 2.75) is 19.5 Å². The lowest BCUT2D eigenvalue weighted by atomic mass is 10.2. The zero-order valence-corrected chi connectivity index (χ0v) is 22.9. The lowest BCUT2D eigenvalue weighted by Gasteiger charge is -2.35. The first kappa shape index (κ1) is 29.3. The number of hydrogen-bond donors (Lipinski definition) is 0. The van der Waals surface area contributed by atoms with Crippen LogP contribution in [0.25, 0.3) is 11.0 Å². The van der Waals surface area contributed by atoms with Crippen molar-refractivity contribution in [2.75, 3.05) is 51.3 Å². The number of anilines is 1. The predicted octanol–water partition coefficient (Wildman–Crippen LogP) is 5.04. The Morgan fingerprint density at radius 3 is 2.33 bits per heavy atom. The van der Waals surface area contributed by atoms with Gasteiger partial charge in [0.15, 0.2) is 5.78 Å². The Hall–Kier alpha value is -4.16. The first-order valence-electron chi connectivity index (χ1n) is 13.4. The summed E-state index contributed by atoms with van der Waals surface area (Å²) in [6.45, 7) is 2.94. The van der Waals surface area contributed by atoms with E-state index in [1.165, 1.54) is 25.3 Å². The van der Waals surface area contributed by atoms with Crippen LogP contribution in [-0.4, -0.2) is 73.0 Å². The molecule has 0 bridgehead atoms. The first-order valence-corrected chi connectivity index (χ1v) is 13.4. The number of rotatable bonds is 11. The first-order chi connectivity index (χ1) is 20.2. The number of ether oxygens (including phenoxy) is 3. The van der Waals surface area contributed by atoms with Gasteiger partial charge >= 0.3 is 6.36 Å². The van der Waals surface area contributed by atoms with Crippen LogP contribution >= 0.6 is 0 Å². The molecule has 42 heavy (non-hydrogen) atoms. The van der Waals surface area contributed by atoms with Crippen LogP contribution in [0.4, 0.5) is 23.2 Å². The molecule has 5 rings (SSSR count). The molecule has 1 aliphatic heterocycles. The molecule has 0 aliphatic carbocycles. The van der Waals surface area contributed by atoms with Crippen LogP contribution in [0.2, 0.25) is 0 Å². The highest BCUT2D eigenvalue weighted by atomic mass is 19.4. The van der Waals surface area contributed by atoms with Crippen LogP contribution in [-0.2, 0) is 22.7 Å². The van der Waals surface area contributed by atoms with Gasteiger partial charge in [-0.3, -0.25) is 9.69 Å². The molecule has 0 N–H and O–H groups in total. The highest BCUT2D eigenvalue weighted by Gasteiger charge is 2.31. The number of aromatic nitrogens is 2. The number of carbonyl (C=O) groups excluding carboxylic acids is 1. The van der Waals surface area contributed by atoms with E-state index in [1.54, 1.807) is 18.2 Å². The summed E-state index contributed by atoms with van der Waals surface area (Å²) in [5.41, 5.74) is 2.20. The van der Waals surface area contributed by atoms with Crippen LogP contribution in [0.1, 0.15) is 11.4 Å². The molecule has 4 aromatic rings. The van der Waals surface area contributed by atoms with E-state index in [4.69, 9.17) is 9.47 Å². The molecule has 1 saturated heterocycles. The third kappa shape index (κ3) is 7.37. The third-order valence-corrected chi connectivity index (χ3v) is 6.92. The second-order valence-corrected chi connectivity index (χ2v) is 9.93. The molecule has 0 spiro atoms. The van der Waals surface area contributed by atoms with E-state index in [1.807, 2.05) is 44.7 Å². The lowest BCUT2D eigenvalue weighted by molar-refractivity contribution is -0.274. The molecular formula is C30H30F4N4O4. The van der Waals surface area contributed by atoms with Crippen molar-refractivity contribution >= 4 is 22.5 Å². The molecular weight excluding hydrogens is 556 g/mol. The zero-order valence-electron chi connectivity index (χ0n) is 22.9. The van der Waals surface area contributed by atoms with E-state index in [0.29, 0.717) is 60.0 Å². The number of halogens is 4. The lowest BCUT2D eigenvalue weighted by Crippen LogP contribution is -2.48. The maximum Gasteiger partial charge on any atom is 0.573 e. The summed E-state index contributed by atoms with van der Waals surface area (Å²) in [6.07, 6.45) is -4.78. The Morgan fingerprint density at radius 1 is 0.952 bits per heavy atom. The van der Waals surface area contributed by atoms with Crippen molar-refractivity contribution in [3.8, 4) is 11.5 Å². The van der Waals surface area contributed by atoms with Crippen molar-refractivity contribution in [1.82, 2.24) is 14.5 Å². The Bertz CT molecular complexity index is 1500. The van der Waals surface area contributed by atoms with Gasteiger partial charge in [-0.25, -0.2) is 9.37 Å². The van der Waals surface area contributed by atoms with Crippen LogP contribution in [0.15, 0.2) is 66.7 Å². The molecule has 0 amide bonds. The van der Waals surface area contributed by atoms with Crippen LogP contribution in [0.5, 0.6) is 11.5 Å². The van der Waals surface area contributed by atoms with E-state index >= 15 is 4.39 Å². The third-order valence-electron chi connectivity index (χ3n) is 6.92. The summed E-state index contributed by atoms with van der Waals surface area (Å²) in [6, 6.07) is 17.9. The van der Waals surface area contributed by atoms with E-state index in [0.717, 1.165) is 0 Å². The predicted molar refractivity (Wildman–Crippen MR) is 148 cm³/mol. The number of alkyl halides is 3. The number of fused-ring (bicyclic) bond motifs is 1. The number of nitrogens with zero attached hydrogens (tertiary/aromatic N) is 4. The maximum atomic E-state index is 15.4. The number of hydrogen-bond acceptors (Lipinski definition) is 7. The molecule has 0 atom stereocenters. The van der Waals surface area contributed by atoms with Gasteiger partial charge in [-0.2, -0.15) is 0 Å². The largest absolute Gasteiger partial charge is 0.573 e. The summed E-state index contributed by atoms with van der Waals surface area (Å²) < 4.78 is 70.0. The number of Topliss-reactive ketones (excluding diaryl/α,β-unsaturated/α-hetero) is 1. The Morgan fingerprint density at radius 2 is 1.67 bits per heavy atom. The standard InChI is InChI=1S/C30H30F4N4O4/c1-40-19-22(39)18-36-11-13-37(14-12-36)27-16-28-26(15-25(27)31)35-29(20-41-23-5-3-2-4-6-23)38(28)17-21-7-9-24(10-8-21)42-30(32,33)34/h2-10,15-16H,11-14,17-20H2,1H3. The smallest absolute Gasteiger partial charge is 0.486 e. The van der Waals surface area contributed by atoms with Gasteiger partial charge in [-0.1, -0.05) is 30.3 Å². The summed E-state index contributed by atoms with van der Waals surface area (Å²) in [5.74, 6) is 0.425. The molecule has 1 aromatic heterocycles. The van der Waals surface area contributed by atoms with E-state index in [2.05, 4.69) is 9.72 Å². The second kappa shape index (κ2) is 12.8. The fourth-order valence-electron chi connectivity index (χ4n) is 4.96. The topological polar surface area (TPSA) is 69.1 Å². The highest BCUT2D eigenvalue weighted by Crippen LogP contribution is 2.30. The summed E-state index contributed by atoms with van der Waals surface area (Å²) >= 11 is 0. The second-order valence-electron chi connectivity index (χ2n) is 9.93. The molecule has 1 fully saturated rings. The van der Waals surface area contributed by atoms with Crippen molar-refractivity contribution < 1.29 is 36.6 Å².